The lowest BCUT2D eigenvalue weighted by Crippen LogP contribution is -2.23. The quantitative estimate of drug-likeness (QED) is 0.293. The number of amides is 1. The molecule has 0 saturated heterocycles. The van der Waals surface area contributed by atoms with Gasteiger partial charge in [-0.3, -0.25) is 9.69 Å². The Morgan fingerprint density at radius 3 is 2.27 bits per heavy atom. The molecule has 2 heterocycles. The molecular formula is C21H23N5O3S. The van der Waals surface area contributed by atoms with Crippen LogP contribution < -0.4 is 19.3 Å². The molecule has 0 radical (unpaired) electrons. The molecule has 3 rings (SSSR count). The summed E-state index contributed by atoms with van der Waals surface area (Å²) in [6.07, 6.45) is 5.90. The van der Waals surface area contributed by atoms with Crippen molar-refractivity contribution in [1.82, 2.24) is 15.0 Å². The third-order valence-corrected chi connectivity index (χ3v) is 5.02. The van der Waals surface area contributed by atoms with Gasteiger partial charge >= 0.3 is 0 Å². The third kappa shape index (κ3) is 4.80. The molecule has 9 heteroatoms. The van der Waals surface area contributed by atoms with Crippen molar-refractivity contribution < 1.29 is 14.3 Å². The van der Waals surface area contributed by atoms with E-state index < -0.39 is 0 Å². The molecule has 0 aliphatic heterocycles. The number of aromatic nitrogens is 3. The molecule has 2 aromatic heterocycles. The number of ether oxygens (including phenoxy) is 2. The number of pyridine rings is 1. The monoisotopic (exact) mass is 425 g/mol. The number of hydrogen-bond donors (Lipinski definition) is 0. The summed E-state index contributed by atoms with van der Waals surface area (Å²) in [5.74, 6) is 2.34. The molecule has 8 nitrogen and oxygen atoms in total. The standard InChI is InChI=1S/C21H23N5O3S/c1-25(16-5-7-17(28-2)8-6-16)13-15-11-23-21(30-4)24-20(15)26(14-27)19-10-9-18(29-3)12-22-19/h5-12,14H,13H2,1-4H3. The first kappa shape index (κ1) is 21.4. The summed E-state index contributed by atoms with van der Waals surface area (Å²) < 4.78 is 10.4. The van der Waals surface area contributed by atoms with Gasteiger partial charge in [-0.05, 0) is 42.7 Å². The second-order valence-corrected chi connectivity index (χ2v) is 7.06. The maximum absolute atomic E-state index is 12.0. The summed E-state index contributed by atoms with van der Waals surface area (Å²) in [5, 5.41) is 0.571. The first-order valence-electron chi connectivity index (χ1n) is 9.09. The molecule has 0 aliphatic rings. The SMILES string of the molecule is COc1ccc(N(C)Cc2cnc(SC)nc2N(C=O)c2ccc(OC)cn2)cc1. The fraction of sp³-hybridized carbons (Fsp3) is 0.238. The summed E-state index contributed by atoms with van der Waals surface area (Å²) in [4.78, 5) is 28.8. The largest absolute Gasteiger partial charge is 0.497 e. The van der Waals surface area contributed by atoms with E-state index in [4.69, 9.17) is 9.47 Å². The molecule has 3 aromatic rings. The zero-order chi connectivity index (χ0) is 21.5. The zero-order valence-electron chi connectivity index (χ0n) is 17.3. The van der Waals surface area contributed by atoms with Crippen molar-refractivity contribution >= 4 is 35.5 Å². The average molecular weight is 426 g/mol. The number of hydrogen-bond acceptors (Lipinski definition) is 8. The van der Waals surface area contributed by atoms with Crippen LogP contribution in [-0.2, 0) is 11.3 Å². The van der Waals surface area contributed by atoms with E-state index in [2.05, 4.69) is 15.0 Å². The molecule has 0 bridgehead atoms. The number of rotatable bonds is 9. The maximum Gasteiger partial charge on any atom is 0.221 e. The number of nitrogens with zero attached hydrogens (tertiary/aromatic N) is 5. The van der Waals surface area contributed by atoms with Crippen LogP contribution in [0.3, 0.4) is 0 Å². The number of carbonyl (C=O) groups excluding carboxylic acids is 1. The molecule has 0 fully saturated rings. The van der Waals surface area contributed by atoms with Crippen LogP contribution in [0.25, 0.3) is 0 Å². The van der Waals surface area contributed by atoms with Gasteiger partial charge < -0.3 is 14.4 Å². The van der Waals surface area contributed by atoms with Gasteiger partial charge in [0, 0.05) is 31.0 Å². The topological polar surface area (TPSA) is 80.7 Å². The summed E-state index contributed by atoms with van der Waals surface area (Å²) in [7, 11) is 5.16. The highest BCUT2D eigenvalue weighted by atomic mass is 32.2. The lowest BCUT2D eigenvalue weighted by Gasteiger charge is -2.24. The highest BCUT2D eigenvalue weighted by Crippen LogP contribution is 2.28. The first-order chi connectivity index (χ1) is 14.6. The van der Waals surface area contributed by atoms with Crippen LogP contribution in [-0.4, -0.2) is 48.9 Å². The van der Waals surface area contributed by atoms with Gasteiger partial charge in [-0.25, -0.2) is 15.0 Å². The van der Waals surface area contributed by atoms with E-state index in [1.165, 1.54) is 16.7 Å². The second kappa shape index (κ2) is 9.93. The van der Waals surface area contributed by atoms with Gasteiger partial charge in [-0.1, -0.05) is 11.8 Å². The molecule has 0 atom stereocenters. The highest BCUT2D eigenvalue weighted by Gasteiger charge is 2.19. The summed E-state index contributed by atoms with van der Waals surface area (Å²) in [6, 6.07) is 11.2. The van der Waals surface area contributed by atoms with E-state index in [0.29, 0.717) is 35.5 Å². The van der Waals surface area contributed by atoms with Crippen molar-refractivity contribution in [3.63, 3.8) is 0 Å². The van der Waals surface area contributed by atoms with Crippen LogP contribution in [0.5, 0.6) is 11.5 Å². The predicted octanol–water partition coefficient (Wildman–Crippen LogP) is 3.54. The zero-order valence-corrected chi connectivity index (χ0v) is 18.1. The molecule has 156 valence electrons. The summed E-state index contributed by atoms with van der Waals surface area (Å²) in [5.41, 5.74) is 1.78. The number of benzene rings is 1. The Bertz CT molecular complexity index is 983. The Kier molecular flexibility index (Phi) is 7.08. The lowest BCUT2D eigenvalue weighted by molar-refractivity contribution is -0.106. The van der Waals surface area contributed by atoms with E-state index in [0.717, 1.165) is 17.0 Å². The molecule has 1 amide bonds. The molecule has 0 saturated carbocycles. The minimum atomic E-state index is 0.449. The van der Waals surface area contributed by atoms with E-state index in [1.807, 2.05) is 42.5 Å². The van der Waals surface area contributed by atoms with Crippen LogP contribution in [0, 0.1) is 0 Å². The van der Waals surface area contributed by atoms with E-state index in [-0.39, 0.29) is 0 Å². The van der Waals surface area contributed by atoms with Gasteiger partial charge in [0.1, 0.15) is 23.1 Å². The van der Waals surface area contributed by atoms with Crippen LogP contribution in [0.4, 0.5) is 17.3 Å². The van der Waals surface area contributed by atoms with Crippen molar-refractivity contribution in [2.24, 2.45) is 0 Å². The van der Waals surface area contributed by atoms with Crippen LogP contribution >= 0.6 is 11.8 Å². The number of methoxy groups -OCH3 is 2. The first-order valence-corrected chi connectivity index (χ1v) is 10.3. The smallest absolute Gasteiger partial charge is 0.221 e. The third-order valence-electron chi connectivity index (χ3n) is 4.46. The Labute approximate surface area is 179 Å². The second-order valence-electron chi connectivity index (χ2n) is 6.29. The molecule has 0 aliphatic carbocycles. The maximum atomic E-state index is 12.0. The summed E-state index contributed by atoms with van der Waals surface area (Å²) >= 11 is 1.41. The van der Waals surface area contributed by atoms with Gasteiger partial charge in [0.2, 0.25) is 6.41 Å². The van der Waals surface area contributed by atoms with Gasteiger partial charge in [-0.15, -0.1) is 0 Å². The Hall–Kier alpha value is -3.33. The number of thioether (sulfide) groups is 1. The van der Waals surface area contributed by atoms with E-state index in [9.17, 15) is 4.79 Å². The van der Waals surface area contributed by atoms with Crippen molar-refractivity contribution in [2.45, 2.75) is 11.7 Å². The molecule has 0 spiro atoms. The Balaban J connectivity index is 1.94. The minimum absolute atomic E-state index is 0.449. The predicted molar refractivity (Wildman–Crippen MR) is 118 cm³/mol. The lowest BCUT2D eigenvalue weighted by atomic mass is 10.2. The Morgan fingerprint density at radius 2 is 1.70 bits per heavy atom. The van der Waals surface area contributed by atoms with Crippen LogP contribution in [0.15, 0.2) is 53.9 Å². The Morgan fingerprint density at radius 1 is 1.00 bits per heavy atom. The van der Waals surface area contributed by atoms with Crippen LogP contribution in [0.1, 0.15) is 5.56 Å². The van der Waals surface area contributed by atoms with Crippen LogP contribution in [0.2, 0.25) is 0 Å². The molecule has 1 aromatic carbocycles. The molecule has 0 N–H and O–H groups in total. The van der Waals surface area contributed by atoms with Gasteiger partial charge in [0.15, 0.2) is 5.16 Å². The normalized spacial score (nSPS) is 10.4. The van der Waals surface area contributed by atoms with E-state index >= 15 is 0 Å². The number of carbonyl (C=O) groups is 1. The highest BCUT2D eigenvalue weighted by molar-refractivity contribution is 7.98. The average Bonchev–Trinajstić information content (AvgIpc) is 2.81. The van der Waals surface area contributed by atoms with E-state index in [1.54, 1.807) is 38.7 Å². The van der Waals surface area contributed by atoms with Gasteiger partial charge in [0.05, 0.1) is 20.4 Å². The summed E-state index contributed by atoms with van der Waals surface area (Å²) in [6.45, 7) is 0.497. The molecule has 30 heavy (non-hydrogen) atoms. The van der Waals surface area contributed by atoms with Crippen molar-refractivity contribution in [3.8, 4) is 11.5 Å². The number of anilines is 3. The van der Waals surface area contributed by atoms with Crippen molar-refractivity contribution in [3.05, 3.63) is 54.4 Å². The van der Waals surface area contributed by atoms with Crippen molar-refractivity contribution in [2.75, 3.05) is 37.3 Å². The van der Waals surface area contributed by atoms with Crippen molar-refractivity contribution in [1.29, 1.82) is 0 Å². The molecular weight excluding hydrogens is 402 g/mol. The van der Waals surface area contributed by atoms with Gasteiger partial charge in [0.25, 0.3) is 0 Å². The van der Waals surface area contributed by atoms with Gasteiger partial charge in [-0.2, -0.15) is 0 Å². The fourth-order valence-corrected chi connectivity index (χ4v) is 3.17. The minimum Gasteiger partial charge on any atom is -0.497 e. The fourth-order valence-electron chi connectivity index (χ4n) is 2.83. The molecule has 0 unspecified atom stereocenters.